The standard InChI is InChI=1S/C15H16N2O2S/c1-11-9-12(3-4-14(11)19-2)17-15(18)10-20-13-5-7-16-8-6-13/h3-9H,10H2,1-2H3,(H,17,18). The number of amides is 1. The van der Waals surface area contributed by atoms with Crippen molar-refractivity contribution in [1.82, 2.24) is 4.98 Å². The first-order chi connectivity index (χ1) is 9.69. The van der Waals surface area contributed by atoms with Crippen LogP contribution in [0.4, 0.5) is 5.69 Å². The predicted molar refractivity (Wildman–Crippen MR) is 81.3 cm³/mol. The minimum Gasteiger partial charge on any atom is -0.496 e. The van der Waals surface area contributed by atoms with Gasteiger partial charge in [-0.25, -0.2) is 0 Å². The number of carbonyl (C=O) groups is 1. The first-order valence-electron chi connectivity index (χ1n) is 6.16. The molecule has 1 heterocycles. The molecule has 0 radical (unpaired) electrons. The topological polar surface area (TPSA) is 51.2 Å². The van der Waals surface area contributed by atoms with Crippen LogP contribution < -0.4 is 10.1 Å². The van der Waals surface area contributed by atoms with Crippen LogP contribution in [-0.4, -0.2) is 23.8 Å². The molecule has 104 valence electrons. The Bertz CT molecular complexity index is 588. The van der Waals surface area contributed by atoms with E-state index in [9.17, 15) is 4.79 Å². The van der Waals surface area contributed by atoms with Gasteiger partial charge in [0.05, 0.1) is 12.9 Å². The fourth-order valence-electron chi connectivity index (χ4n) is 1.74. The Hall–Kier alpha value is -2.01. The summed E-state index contributed by atoms with van der Waals surface area (Å²) in [6.45, 7) is 1.94. The molecule has 1 amide bonds. The van der Waals surface area contributed by atoms with E-state index in [-0.39, 0.29) is 5.91 Å². The van der Waals surface area contributed by atoms with E-state index in [2.05, 4.69) is 10.3 Å². The number of anilines is 1. The van der Waals surface area contributed by atoms with Gasteiger partial charge in [-0.3, -0.25) is 9.78 Å². The number of methoxy groups -OCH3 is 1. The lowest BCUT2D eigenvalue weighted by molar-refractivity contribution is -0.113. The molecule has 0 fully saturated rings. The van der Waals surface area contributed by atoms with Gasteiger partial charge in [0.15, 0.2) is 0 Å². The fraction of sp³-hybridized carbons (Fsp3) is 0.200. The Kier molecular flexibility index (Phi) is 5.01. The molecule has 0 spiro atoms. The molecule has 0 bridgehead atoms. The molecular formula is C15H16N2O2S. The Morgan fingerprint density at radius 2 is 2.05 bits per heavy atom. The first-order valence-corrected chi connectivity index (χ1v) is 7.15. The van der Waals surface area contributed by atoms with Gasteiger partial charge in [-0.2, -0.15) is 0 Å². The summed E-state index contributed by atoms with van der Waals surface area (Å²) in [7, 11) is 1.63. The number of nitrogens with one attached hydrogen (secondary N) is 1. The molecule has 0 atom stereocenters. The van der Waals surface area contributed by atoms with Gasteiger partial charge in [0.25, 0.3) is 0 Å². The van der Waals surface area contributed by atoms with Crippen molar-refractivity contribution >= 4 is 23.4 Å². The molecule has 1 aromatic heterocycles. The Morgan fingerprint density at radius 1 is 1.30 bits per heavy atom. The summed E-state index contributed by atoms with van der Waals surface area (Å²) in [5.74, 6) is 1.15. The number of ether oxygens (including phenoxy) is 1. The summed E-state index contributed by atoms with van der Waals surface area (Å²) in [5.41, 5.74) is 1.77. The molecule has 2 aromatic rings. The number of carbonyl (C=O) groups excluding carboxylic acids is 1. The Morgan fingerprint density at radius 3 is 2.70 bits per heavy atom. The number of hydrogen-bond donors (Lipinski definition) is 1. The molecule has 1 N–H and O–H groups in total. The summed E-state index contributed by atoms with van der Waals surface area (Å²) in [6, 6.07) is 9.35. The van der Waals surface area contributed by atoms with Crippen LogP contribution in [0.1, 0.15) is 5.56 Å². The van der Waals surface area contributed by atoms with Gasteiger partial charge in [-0.05, 0) is 42.8 Å². The number of thioether (sulfide) groups is 1. The lowest BCUT2D eigenvalue weighted by Crippen LogP contribution is -2.14. The number of hydrogen-bond acceptors (Lipinski definition) is 4. The number of benzene rings is 1. The smallest absolute Gasteiger partial charge is 0.234 e. The SMILES string of the molecule is COc1ccc(NC(=O)CSc2ccncc2)cc1C. The van der Waals surface area contributed by atoms with Crippen LogP contribution in [0.3, 0.4) is 0 Å². The fourth-order valence-corrected chi connectivity index (χ4v) is 2.42. The number of nitrogens with zero attached hydrogens (tertiary/aromatic N) is 1. The van der Waals surface area contributed by atoms with Crippen LogP contribution in [0.2, 0.25) is 0 Å². The highest BCUT2D eigenvalue weighted by Crippen LogP contribution is 2.22. The highest BCUT2D eigenvalue weighted by Gasteiger charge is 2.05. The third-order valence-corrected chi connectivity index (χ3v) is 3.71. The first kappa shape index (κ1) is 14.4. The summed E-state index contributed by atoms with van der Waals surface area (Å²) < 4.78 is 5.19. The second-order valence-electron chi connectivity index (χ2n) is 4.20. The maximum absolute atomic E-state index is 11.9. The Labute approximate surface area is 122 Å². The highest BCUT2D eigenvalue weighted by atomic mass is 32.2. The normalized spacial score (nSPS) is 10.1. The minimum atomic E-state index is -0.0311. The molecule has 4 nitrogen and oxygen atoms in total. The average Bonchev–Trinajstić information content (AvgIpc) is 2.46. The molecule has 20 heavy (non-hydrogen) atoms. The van der Waals surface area contributed by atoms with Gasteiger partial charge in [-0.1, -0.05) is 0 Å². The molecule has 0 aliphatic carbocycles. The molecule has 0 unspecified atom stereocenters. The molecule has 0 aliphatic heterocycles. The van der Waals surface area contributed by atoms with Crippen LogP contribution in [0.5, 0.6) is 5.75 Å². The largest absolute Gasteiger partial charge is 0.496 e. The van der Waals surface area contributed by atoms with Crippen LogP contribution in [0, 0.1) is 6.92 Å². The molecule has 5 heteroatoms. The van der Waals surface area contributed by atoms with E-state index in [0.717, 1.165) is 21.9 Å². The van der Waals surface area contributed by atoms with E-state index in [4.69, 9.17) is 4.74 Å². The number of pyridine rings is 1. The maximum Gasteiger partial charge on any atom is 0.234 e. The Balaban J connectivity index is 1.90. The van der Waals surface area contributed by atoms with Crippen molar-refractivity contribution in [2.75, 3.05) is 18.2 Å². The van der Waals surface area contributed by atoms with Crippen LogP contribution in [0.25, 0.3) is 0 Å². The third kappa shape index (κ3) is 3.99. The average molecular weight is 288 g/mol. The zero-order valence-electron chi connectivity index (χ0n) is 11.4. The lowest BCUT2D eigenvalue weighted by Gasteiger charge is -2.09. The summed E-state index contributed by atoms with van der Waals surface area (Å²) >= 11 is 1.48. The zero-order valence-corrected chi connectivity index (χ0v) is 12.2. The van der Waals surface area contributed by atoms with E-state index in [1.54, 1.807) is 19.5 Å². The summed E-state index contributed by atoms with van der Waals surface area (Å²) in [4.78, 5) is 16.8. The molecule has 0 saturated carbocycles. The third-order valence-electron chi connectivity index (χ3n) is 2.70. The minimum absolute atomic E-state index is 0.0311. The number of aryl methyl sites for hydroxylation is 1. The molecular weight excluding hydrogens is 272 g/mol. The molecule has 0 aliphatic rings. The van der Waals surface area contributed by atoms with Crippen LogP contribution >= 0.6 is 11.8 Å². The van der Waals surface area contributed by atoms with Crippen molar-refractivity contribution in [2.24, 2.45) is 0 Å². The van der Waals surface area contributed by atoms with Crippen LogP contribution in [-0.2, 0) is 4.79 Å². The number of aromatic nitrogens is 1. The molecule has 1 aromatic carbocycles. The van der Waals surface area contributed by atoms with E-state index in [0.29, 0.717) is 5.75 Å². The molecule has 2 rings (SSSR count). The van der Waals surface area contributed by atoms with Gasteiger partial charge in [0.1, 0.15) is 5.75 Å². The van der Waals surface area contributed by atoms with Gasteiger partial charge in [0.2, 0.25) is 5.91 Å². The number of rotatable bonds is 5. The summed E-state index contributed by atoms with van der Waals surface area (Å²) in [5, 5.41) is 2.87. The van der Waals surface area contributed by atoms with Crippen molar-refractivity contribution in [2.45, 2.75) is 11.8 Å². The quantitative estimate of drug-likeness (QED) is 0.859. The lowest BCUT2D eigenvalue weighted by atomic mass is 10.2. The van der Waals surface area contributed by atoms with Gasteiger partial charge in [-0.15, -0.1) is 11.8 Å². The monoisotopic (exact) mass is 288 g/mol. The van der Waals surface area contributed by atoms with Crippen LogP contribution in [0.15, 0.2) is 47.6 Å². The molecule has 0 saturated heterocycles. The van der Waals surface area contributed by atoms with E-state index in [1.807, 2.05) is 37.3 Å². The van der Waals surface area contributed by atoms with E-state index >= 15 is 0 Å². The van der Waals surface area contributed by atoms with Gasteiger partial charge >= 0.3 is 0 Å². The predicted octanol–water partition coefficient (Wildman–Crippen LogP) is 3.13. The highest BCUT2D eigenvalue weighted by molar-refractivity contribution is 8.00. The van der Waals surface area contributed by atoms with E-state index < -0.39 is 0 Å². The van der Waals surface area contributed by atoms with Crippen molar-refractivity contribution in [3.63, 3.8) is 0 Å². The maximum atomic E-state index is 11.9. The van der Waals surface area contributed by atoms with Crippen molar-refractivity contribution in [3.8, 4) is 5.75 Å². The second-order valence-corrected chi connectivity index (χ2v) is 5.25. The zero-order chi connectivity index (χ0) is 14.4. The van der Waals surface area contributed by atoms with Crippen molar-refractivity contribution in [1.29, 1.82) is 0 Å². The van der Waals surface area contributed by atoms with Gasteiger partial charge in [0, 0.05) is 23.0 Å². The second kappa shape index (κ2) is 6.96. The van der Waals surface area contributed by atoms with Crippen molar-refractivity contribution in [3.05, 3.63) is 48.3 Å². The van der Waals surface area contributed by atoms with Crippen molar-refractivity contribution < 1.29 is 9.53 Å². The van der Waals surface area contributed by atoms with Gasteiger partial charge < -0.3 is 10.1 Å². The van der Waals surface area contributed by atoms with E-state index in [1.165, 1.54) is 11.8 Å². The summed E-state index contributed by atoms with van der Waals surface area (Å²) in [6.07, 6.45) is 3.43.